The van der Waals surface area contributed by atoms with Gasteiger partial charge in [0.05, 0.1) is 24.2 Å². The highest BCUT2D eigenvalue weighted by Gasteiger charge is 2.38. The number of para-hydroxylation sites is 3. The molecule has 34 heavy (non-hydrogen) atoms. The molecule has 5 rings (SSSR count). The lowest BCUT2D eigenvalue weighted by atomic mass is 10.2. The highest BCUT2D eigenvalue weighted by Crippen LogP contribution is 2.47. The minimum absolute atomic E-state index is 0.186. The number of ether oxygens (including phenoxy) is 1. The Morgan fingerprint density at radius 1 is 1.00 bits per heavy atom. The molecule has 1 fully saturated rings. The summed E-state index contributed by atoms with van der Waals surface area (Å²) in [5, 5.41) is 2.57. The zero-order valence-electron chi connectivity index (χ0n) is 18.8. The van der Waals surface area contributed by atoms with Crippen molar-refractivity contribution in [1.82, 2.24) is 10.2 Å². The number of nitrogens with zero attached hydrogens (tertiary/aromatic N) is 2. The van der Waals surface area contributed by atoms with E-state index in [0.29, 0.717) is 12.3 Å². The number of amides is 3. The molecule has 3 aromatic carbocycles. The average Bonchev–Trinajstić information content (AvgIpc) is 3.26. The molecule has 2 aliphatic rings. The number of nitrogens with one attached hydrogen (secondary N) is 1. The van der Waals surface area contributed by atoms with E-state index >= 15 is 0 Å². The first-order valence-electron chi connectivity index (χ1n) is 11.1. The van der Waals surface area contributed by atoms with Gasteiger partial charge >= 0.3 is 6.03 Å². The molecule has 174 valence electrons. The number of thioether (sulfide) groups is 1. The summed E-state index contributed by atoms with van der Waals surface area (Å²) in [6.07, 6.45) is 0.744. The number of hydrogen-bond donors (Lipinski definition) is 1. The summed E-state index contributed by atoms with van der Waals surface area (Å²) >= 11 is 3.22. The number of imide groups is 1. The van der Waals surface area contributed by atoms with Gasteiger partial charge in [0.1, 0.15) is 11.1 Å². The zero-order chi connectivity index (χ0) is 23.5. The van der Waals surface area contributed by atoms with Crippen LogP contribution >= 0.6 is 23.5 Å². The molecule has 0 radical (unpaired) electrons. The van der Waals surface area contributed by atoms with Crippen molar-refractivity contribution in [1.29, 1.82) is 0 Å². The first-order chi connectivity index (χ1) is 16.7. The van der Waals surface area contributed by atoms with Crippen molar-refractivity contribution in [2.75, 3.05) is 30.9 Å². The van der Waals surface area contributed by atoms with Crippen LogP contribution in [0.1, 0.15) is 17.4 Å². The summed E-state index contributed by atoms with van der Waals surface area (Å²) in [6, 6.07) is 23.9. The molecule has 1 atom stereocenters. The lowest BCUT2D eigenvalue weighted by Gasteiger charge is -2.32. The van der Waals surface area contributed by atoms with Gasteiger partial charge in [-0.25, -0.2) is 9.69 Å². The third kappa shape index (κ3) is 4.35. The van der Waals surface area contributed by atoms with Crippen LogP contribution in [0.2, 0.25) is 0 Å². The summed E-state index contributed by atoms with van der Waals surface area (Å²) in [7, 11) is 1.60. The monoisotopic (exact) mass is 491 g/mol. The summed E-state index contributed by atoms with van der Waals surface area (Å²) in [5.41, 5.74) is 3.19. The van der Waals surface area contributed by atoms with Gasteiger partial charge in [-0.3, -0.25) is 4.79 Å². The second-order valence-electron chi connectivity index (χ2n) is 7.94. The third-order valence-electron chi connectivity index (χ3n) is 5.86. The highest BCUT2D eigenvalue weighted by molar-refractivity contribution is 8.00. The molecule has 3 amide bonds. The molecule has 0 saturated carbocycles. The van der Waals surface area contributed by atoms with Crippen LogP contribution in [-0.4, -0.2) is 42.8 Å². The molecular formula is C26H25N3O3S2. The SMILES string of the molecule is COc1ccccc1C1SCC(=O)N1C(=O)NCCCN1c2ccccc2Sc2ccccc21. The van der Waals surface area contributed by atoms with Crippen LogP contribution in [-0.2, 0) is 4.79 Å². The minimum atomic E-state index is -0.387. The van der Waals surface area contributed by atoms with Crippen molar-refractivity contribution in [3.05, 3.63) is 78.4 Å². The van der Waals surface area contributed by atoms with Crippen molar-refractivity contribution in [3.8, 4) is 5.75 Å². The Bertz CT molecular complexity index is 1170. The number of carbonyl (C=O) groups is 2. The van der Waals surface area contributed by atoms with Crippen molar-refractivity contribution in [2.45, 2.75) is 21.6 Å². The van der Waals surface area contributed by atoms with E-state index in [1.807, 2.05) is 24.3 Å². The van der Waals surface area contributed by atoms with E-state index in [9.17, 15) is 9.59 Å². The fourth-order valence-corrected chi connectivity index (χ4v) is 6.56. The van der Waals surface area contributed by atoms with Crippen molar-refractivity contribution in [2.24, 2.45) is 0 Å². The van der Waals surface area contributed by atoms with Gasteiger partial charge in [0, 0.05) is 28.4 Å². The molecular weight excluding hydrogens is 466 g/mol. The van der Waals surface area contributed by atoms with Gasteiger partial charge in [-0.15, -0.1) is 11.8 Å². The van der Waals surface area contributed by atoms with Crippen molar-refractivity contribution < 1.29 is 14.3 Å². The van der Waals surface area contributed by atoms with Crippen LogP contribution in [0.4, 0.5) is 16.2 Å². The molecule has 0 bridgehead atoms. The molecule has 3 aromatic rings. The fourth-order valence-electron chi connectivity index (χ4n) is 4.28. The van der Waals surface area contributed by atoms with Gasteiger partial charge in [0.25, 0.3) is 0 Å². The average molecular weight is 492 g/mol. The number of carbonyl (C=O) groups excluding carboxylic acids is 2. The van der Waals surface area contributed by atoms with Crippen LogP contribution in [0.5, 0.6) is 5.75 Å². The normalized spacial score (nSPS) is 16.7. The minimum Gasteiger partial charge on any atom is -0.496 e. The van der Waals surface area contributed by atoms with Gasteiger partial charge in [-0.05, 0) is 36.8 Å². The van der Waals surface area contributed by atoms with Crippen LogP contribution in [0.15, 0.2) is 82.6 Å². The quantitative estimate of drug-likeness (QED) is 0.448. The maximum Gasteiger partial charge on any atom is 0.325 e. The summed E-state index contributed by atoms with van der Waals surface area (Å²) in [4.78, 5) is 31.6. The summed E-state index contributed by atoms with van der Waals surface area (Å²) in [6.45, 7) is 1.23. The molecule has 6 nitrogen and oxygen atoms in total. The van der Waals surface area contributed by atoms with Gasteiger partial charge in [0.15, 0.2) is 0 Å². The topological polar surface area (TPSA) is 61.9 Å². The van der Waals surface area contributed by atoms with E-state index in [0.717, 1.165) is 18.5 Å². The Labute approximate surface area is 207 Å². The van der Waals surface area contributed by atoms with E-state index < -0.39 is 0 Å². The van der Waals surface area contributed by atoms with E-state index in [2.05, 4.69) is 58.7 Å². The Balaban J connectivity index is 1.24. The largest absolute Gasteiger partial charge is 0.496 e. The Morgan fingerprint density at radius 2 is 1.65 bits per heavy atom. The number of fused-ring (bicyclic) bond motifs is 2. The Kier molecular flexibility index (Phi) is 6.69. The number of hydrogen-bond acceptors (Lipinski definition) is 6. The molecule has 0 spiro atoms. The maximum absolute atomic E-state index is 13.0. The predicted octanol–water partition coefficient (Wildman–Crippen LogP) is 5.67. The second kappa shape index (κ2) is 10.0. The van der Waals surface area contributed by atoms with Crippen molar-refractivity contribution >= 4 is 46.8 Å². The molecule has 1 N–H and O–H groups in total. The smallest absolute Gasteiger partial charge is 0.325 e. The maximum atomic E-state index is 13.0. The molecule has 1 saturated heterocycles. The fraction of sp³-hybridized carbons (Fsp3) is 0.231. The zero-order valence-corrected chi connectivity index (χ0v) is 20.4. The van der Waals surface area contributed by atoms with Gasteiger partial charge in [0.2, 0.25) is 5.91 Å². The first-order valence-corrected chi connectivity index (χ1v) is 13.0. The van der Waals surface area contributed by atoms with E-state index in [1.165, 1.54) is 37.8 Å². The van der Waals surface area contributed by atoms with Crippen LogP contribution in [0, 0.1) is 0 Å². The van der Waals surface area contributed by atoms with Crippen LogP contribution < -0.4 is 15.0 Å². The number of benzene rings is 3. The number of urea groups is 1. The molecule has 0 aliphatic carbocycles. The summed E-state index contributed by atoms with van der Waals surface area (Å²) < 4.78 is 5.45. The number of rotatable bonds is 6. The Hall–Kier alpha value is -3.10. The lowest BCUT2D eigenvalue weighted by Crippen LogP contribution is -2.43. The van der Waals surface area contributed by atoms with Gasteiger partial charge < -0.3 is 15.0 Å². The highest BCUT2D eigenvalue weighted by atomic mass is 32.2. The predicted molar refractivity (Wildman–Crippen MR) is 137 cm³/mol. The lowest BCUT2D eigenvalue weighted by molar-refractivity contribution is -0.125. The molecule has 2 aliphatic heterocycles. The molecule has 8 heteroatoms. The first kappa shape index (κ1) is 22.7. The van der Waals surface area contributed by atoms with E-state index in [-0.39, 0.29) is 23.1 Å². The van der Waals surface area contributed by atoms with E-state index in [1.54, 1.807) is 18.9 Å². The third-order valence-corrected chi connectivity index (χ3v) is 8.18. The Morgan fingerprint density at radius 3 is 2.35 bits per heavy atom. The van der Waals surface area contributed by atoms with Crippen LogP contribution in [0.3, 0.4) is 0 Å². The standard InChI is InChI=1S/C26H25N3O3S2/c1-32-21-12-5-2-9-18(21)25-29(24(30)17-33-25)26(31)27-15-8-16-28-19-10-3-6-13-22(19)34-23-14-7-4-11-20(23)28/h2-7,9-14,25H,8,15-17H2,1H3,(H,27,31). The van der Waals surface area contributed by atoms with Crippen LogP contribution in [0.25, 0.3) is 0 Å². The summed E-state index contributed by atoms with van der Waals surface area (Å²) in [5.74, 6) is 0.761. The van der Waals surface area contributed by atoms with E-state index in [4.69, 9.17) is 4.74 Å². The molecule has 0 aromatic heterocycles. The molecule has 1 unspecified atom stereocenters. The number of anilines is 2. The van der Waals surface area contributed by atoms with Gasteiger partial charge in [-0.1, -0.05) is 54.2 Å². The molecule has 2 heterocycles. The second-order valence-corrected chi connectivity index (χ2v) is 10.1. The number of methoxy groups -OCH3 is 1. The van der Waals surface area contributed by atoms with Crippen molar-refractivity contribution in [3.63, 3.8) is 0 Å². The van der Waals surface area contributed by atoms with Gasteiger partial charge in [-0.2, -0.15) is 0 Å².